The summed E-state index contributed by atoms with van der Waals surface area (Å²) in [4.78, 5) is 3.37. The molecule has 0 aromatic carbocycles. The maximum atomic E-state index is 11.9. The summed E-state index contributed by atoms with van der Waals surface area (Å²) in [5.74, 6) is -0.651. The average Bonchev–Trinajstić information content (AvgIpc) is 2.04. The first kappa shape index (κ1) is 13.0. The molecule has 0 spiro atoms. The molecule has 1 rings (SSSR count). The van der Waals surface area contributed by atoms with Crippen molar-refractivity contribution in [2.45, 2.75) is 18.3 Å². The number of aromatic nitrogens is 1. The molecule has 90 valence electrons. The number of hydrogen-bond acceptors (Lipinski definition) is 4. The van der Waals surface area contributed by atoms with Crippen molar-refractivity contribution in [3.05, 3.63) is 17.8 Å². The number of rotatable bonds is 2. The van der Waals surface area contributed by atoms with E-state index >= 15 is 0 Å². The first-order valence-electron chi connectivity index (χ1n) is 3.77. The second-order valence-electron chi connectivity index (χ2n) is 2.72. The summed E-state index contributed by atoms with van der Waals surface area (Å²) in [5.41, 5.74) is -0.296. The predicted octanol–water partition coefficient (Wildman–Crippen LogP) is 2.22. The molecule has 0 aliphatic heterocycles. The van der Waals surface area contributed by atoms with E-state index in [0.717, 1.165) is 19.2 Å². The molecule has 0 radical (unpaired) electrons. The first-order valence-corrected chi connectivity index (χ1v) is 6.08. The fraction of sp³-hybridized carbons (Fsp3) is 0.286. The Labute approximate surface area is 93.4 Å². The Bertz CT molecular complexity index is 500. The van der Waals surface area contributed by atoms with E-state index in [1.54, 1.807) is 0 Å². The summed E-state index contributed by atoms with van der Waals surface area (Å²) in [7, 11) is 0.782. The van der Waals surface area contributed by atoms with Crippen LogP contribution in [0.2, 0.25) is 0 Å². The molecule has 1 aromatic rings. The van der Waals surface area contributed by atoms with Gasteiger partial charge in [-0.1, -0.05) is 0 Å². The monoisotopic (exact) mass is 275 g/mol. The summed E-state index contributed by atoms with van der Waals surface area (Å²) in [6, 6.07) is 0.897. The molecular weight excluding hydrogens is 271 g/mol. The molecule has 0 fully saturated rings. The lowest BCUT2D eigenvalue weighted by atomic mass is 10.3. The summed E-state index contributed by atoms with van der Waals surface area (Å²) in [6.07, 6.45) is -4.04. The Hall–Kier alpha value is -1.02. The Morgan fingerprint density at radius 2 is 2.00 bits per heavy atom. The Balaban J connectivity index is 3.25. The minimum absolute atomic E-state index is 0.296. The van der Waals surface area contributed by atoms with Gasteiger partial charge in [-0.2, -0.15) is 0 Å². The Morgan fingerprint density at radius 3 is 2.44 bits per heavy atom. The van der Waals surface area contributed by atoms with Crippen LogP contribution in [-0.2, 0) is 9.05 Å². The molecule has 0 saturated carbocycles. The van der Waals surface area contributed by atoms with Crippen LogP contribution in [0.1, 0.15) is 5.56 Å². The van der Waals surface area contributed by atoms with Gasteiger partial charge in [0, 0.05) is 22.4 Å². The van der Waals surface area contributed by atoms with Gasteiger partial charge in [0.2, 0.25) is 0 Å². The summed E-state index contributed by atoms with van der Waals surface area (Å²) >= 11 is 0. The highest BCUT2D eigenvalue weighted by Gasteiger charge is 2.32. The van der Waals surface area contributed by atoms with Crippen molar-refractivity contribution >= 4 is 19.7 Å². The lowest BCUT2D eigenvalue weighted by molar-refractivity contribution is -0.274. The van der Waals surface area contributed by atoms with Gasteiger partial charge in [-0.25, -0.2) is 13.4 Å². The van der Waals surface area contributed by atoms with Crippen molar-refractivity contribution in [3.63, 3.8) is 0 Å². The molecule has 0 unspecified atom stereocenters. The highest BCUT2D eigenvalue weighted by atomic mass is 35.7. The van der Waals surface area contributed by atoms with Crippen LogP contribution in [0.25, 0.3) is 0 Å². The van der Waals surface area contributed by atoms with Crippen LogP contribution in [0.5, 0.6) is 5.75 Å². The highest BCUT2D eigenvalue weighted by Crippen LogP contribution is 2.29. The van der Waals surface area contributed by atoms with Gasteiger partial charge in [0.25, 0.3) is 9.05 Å². The molecule has 0 saturated heterocycles. The predicted molar refractivity (Wildman–Crippen MR) is 48.7 cm³/mol. The number of ether oxygens (including phenoxy) is 1. The van der Waals surface area contributed by atoms with Crippen molar-refractivity contribution < 1.29 is 26.3 Å². The number of alkyl halides is 3. The smallest absolute Gasteiger partial charge is 0.405 e. The van der Waals surface area contributed by atoms with E-state index in [-0.39, 0.29) is 5.56 Å². The van der Waals surface area contributed by atoms with Gasteiger partial charge in [0.1, 0.15) is 5.75 Å². The summed E-state index contributed by atoms with van der Waals surface area (Å²) in [6.45, 7) is 1.11. The fourth-order valence-electron chi connectivity index (χ4n) is 0.981. The van der Waals surface area contributed by atoms with Gasteiger partial charge in [-0.05, 0) is 13.0 Å². The van der Waals surface area contributed by atoms with Crippen LogP contribution in [0.15, 0.2) is 17.3 Å². The van der Waals surface area contributed by atoms with Crippen LogP contribution in [0, 0.1) is 6.92 Å². The lowest BCUT2D eigenvalue weighted by Crippen LogP contribution is -2.18. The lowest BCUT2D eigenvalue weighted by Gasteiger charge is -2.11. The average molecular weight is 276 g/mol. The quantitative estimate of drug-likeness (QED) is 0.777. The molecule has 1 heterocycles. The first-order chi connectivity index (χ1) is 7.11. The molecule has 0 bridgehead atoms. The molecule has 0 aliphatic carbocycles. The molecule has 0 atom stereocenters. The second-order valence-corrected chi connectivity index (χ2v) is 5.21. The van der Waals surface area contributed by atoms with Crippen molar-refractivity contribution in [2.75, 3.05) is 0 Å². The minimum Gasteiger partial charge on any atom is -0.405 e. The van der Waals surface area contributed by atoms with E-state index in [0.29, 0.717) is 0 Å². The Kier molecular flexibility index (Phi) is 3.34. The standard InChI is InChI=1S/C7H5ClF3NO3S/c1-4-5(15-7(9,10)11)2-3-12-6(4)16(8,13)14/h2-3H,1H3. The summed E-state index contributed by atoms with van der Waals surface area (Å²) < 4.78 is 61.3. The topological polar surface area (TPSA) is 56.3 Å². The maximum Gasteiger partial charge on any atom is 0.573 e. The largest absolute Gasteiger partial charge is 0.573 e. The third-order valence-electron chi connectivity index (χ3n) is 1.56. The minimum atomic E-state index is -4.90. The van der Waals surface area contributed by atoms with Gasteiger partial charge in [0.15, 0.2) is 5.03 Å². The highest BCUT2D eigenvalue weighted by molar-refractivity contribution is 8.13. The number of nitrogens with zero attached hydrogens (tertiary/aromatic N) is 1. The van der Waals surface area contributed by atoms with Crippen LogP contribution in [0.4, 0.5) is 13.2 Å². The van der Waals surface area contributed by atoms with Crippen LogP contribution in [-0.4, -0.2) is 19.8 Å². The van der Waals surface area contributed by atoms with E-state index < -0.39 is 26.2 Å². The van der Waals surface area contributed by atoms with Crippen molar-refractivity contribution in [1.82, 2.24) is 4.98 Å². The van der Waals surface area contributed by atoms with Crippen molar-refractivity contribution in [3.8, 4) is 5.75 Å². The Morgan fingerprint density at radius 1 is 1.44 bits per heavy atom. The van der Waals surface area contributed by atoms with Crippen LogP contribution < -0.4 is 4.74 Å². The zero-order valence-corrected chi connectivity index (χ0v) is 9.32. The van der Waals surface area contributed by atoms with E-state index in [1.807, 2.05) is 0 Å². The second kappa shape index (κ2) is 4.10. The SMILES string of the molecule is Cc1c(OC(F)(F)F)ccnc1S(=O)(=O)Cl. The molecule has 0 amide bonds. The number of pyridine rings is 1. The molecule has 0 aliphatic rings. The normalized spacial score (nSPS) is 12.6. The van der Waals surface area contributed by atoms with Crippen molar-refractivity contribution in [1.29, 1.82) is 0 Å². The third-order valence-corrected chi connectivity index (χ3v) is 2.88. The van der Waals surface area contributed by atoms with Crippen LogP contribution in [0.3, 0.4) is 0 Å². The van der Waals surface area contributed by atoms with Gasteiger partial charge >= 0.3 is 6.36 Å². The molecule has 1 aromatic heterocycles. The summed E-state index contributed by atoms with van der Waals surface area (Å²) in [5, 5.41) is -0.657. The molecule has 9 heteroatoms. The van der Waals surface area contributed by atoms with Gasteiger partial charge < -0.3 is 4.74 Å². The molecule has 16 heavy (non-hydrogen) atoms. The van der Waals surface area contributed by atoms with Gasteiger partial charge in [0.05, 0.1) is 0 Å². The third kappa shape index (κ3) is 3.24. The van der Waals surface area contributed by atoms with E-state index in [4.69, 9.17) is 10.7 Å². The van der Waals surface area contributed by atoms with E-state index in [9.17, 15) is 21.6 Å². The molecular formula is C7H5ClF3NO3S. The number of hydrogen-bond donors (Lipinski definition) is 0. The van der Waals surface area contributed by atoms with Crippen molar-refractivity contribution in [2.24, 2.45) is 0 Å². The molecule has 0 N–H and O–H groups in total. The fourth-order valence-corrected chi connectivity index (χ4v) is 2.10. The van der Waals surface area contributed by atoms with Gasteiger partial charge in [-0.15, -0.1) is 13.2 Å². The maximum absolute atomic E-state index is 11.9. The zero-order chi connectivity index (χ0) is 12.6. The zero-order valence-electron chi connectivity index (χ0n) is 7.75. The van der Waals surface area contributed by atoms with Crippen LogP contribution >= 0.6 is 10.7 Å². The van der Waals surface area contributed by atoms with Gasteiger partial charge in [-0.3, -0.25) is 0 Å². The van der Waals surface area contributed by atoms with E-state index in [1.165, 1.54) is 0 Å². The van der Waals surface area contributed by atoms with E-state index in [2.05, 4.69) is 9.72 Å². The number of halogens is 4. The molecule has 4 nitrogen and oxygen atoms in total.